The van der Waals surface area contributed by atoms with Crippen LogP contribution in [-0.4, -0.2) is 48.2 Å². The summed E-state index contributed by atoms with van der Waals surface area (Å²) in [6.45, 7) is 5.53. The third-order valence-corrected chi connectivity index (χ3v) is 3.27. The van der Waals surface area contributed by atoms with E-state index in [1.807, 2.05) is 13.8 Å². The highest BCUT2D eigenvalue weighted by Gasteiger charge is 2.31. The summed E-state index contributed by atoms with van der Waals surface area (Å²) >= 11 is 0. The van der Waals surface area contributed by atoms with E-state index in [4.69, 9.17) is 0 Å². The van der Waals surface area contributed by atoms with Crippen molar-refractivity contribution in [1.82, 2.24) is 10.2 Å². The van der Waals surface area contributed by atoms with E-state index in [0.717, 1.165) is 25.9 Å². The molecule has 15 heavy (non-hydrogen) atoms. The molecule has 1 amide bonds. The number of nitrogens with one attached hydrogen (secondary N) is 1. The van der Waals surface area contributed by atoms with Crippen molar-refractivity contribution >= 4 is 5.91 Å². The summed E-state index contributed by atoms with van der Waals surface area (Å²) in [5, 5.41) is 12.4. The minimum Gasteiger partial charge on any atom is -0.394 e. The topological polar surface area (TPSA) is 52.6 Å². The summed E-state index contributed by atoms with van der Waals surface area (Å²) in [6, 6.07) is 0. The fourth-order valence-corrected chi connectivity index (χ4v) is 1.74. The molecule has 0 spiro atoms. The van der Waals surface area contributed by atoms with Crippen molar-refractivity contribution < 1.29 is 9.90 Å². The normalized spacial score (nSPS) is 22.5. The standard InChI is InChI=1S/C11H22N2O2/c1-11(2,8-14)13(3)10(15)9-5-4-6-12-7-9/h9,12,14H,4-8H2,1-3H3/t9-/m1/s1. The second-order valence-electron chi connectivity index (χ2n) is 4.91. The van der Waals surface area contributed by atoms with Gasteiger partial charge in [-0.1, -0.05) is 0 Å². The van der Waals surface area contributed by atoms with Crippen LogP contribution in [0.1, 0.15) is 26.7 Å². The molecule has 4 nitrogen and oxygen atoms in total. The van der Waals surface area contributed by atoms with Gasteiger partial charge in [0.2, 0.25) is 5.91 Å². The molecule has 1 atom stereocenters. The number of rotatable bonds is 3. The summed E-state index contributed by atoms with van der Waals surface area (Å²) in [6.07, 6.45) is 2.02. The number of likely N-dealkylation sites (N-methyl/N-ethyl adjacent to an activating group) is 1. The molecule has 4 heteroatoms. The fraction of sp³-hybridized carbons (Fsp3) is 0.909. The molecule has 0 saturated carbocycles. The smallest absolute Gasteiger partial charge is 0.227 e. The van der Waals surface area contributed by atoms with E-state index in [-0.39, 0.29) is 18.4 Å². The van der Waals surface area contributed by atoms with Gasteiger partial charge in [0.1, 0.15) is 0 Å². The van der Waals surface area contributed by atoms with Gasteiger partial charge < -0.3 is 15.3 Å². The van der Waals surface area contributed by atoms with Crippen LogP contribution < -0.4 is 5.32 Å². The van der Waals surface area contributed by atoms with Gasteiger partial charge in [-0.2, -0.15) is 0 Å². The highest BCUT2D eigenvalue weighted by molar-refractivity contribution is 5.79. The molecule has 0 bridgehead atoms. The summed E-state index contributed by atoms with van der Waals surface area (Å²) in [5.41, 5.74) is -0.464. The number of carbonyl (C=O) groups is 1. The molecule has 88 valence electrons. The first-order valence-corrected chi connectivity index (χ1v) is 5.58. The van der Waals surface area contributed by atoms with Gasteiger partial charge in [-0.15, -0.1) is 0 Å². The lowest BCUT2D eigenvalue weighted by Gasteiger charge is -2.37. The Morgan fingerprint density at radius 3 is 2.73 bits per heavy atom. The summed E-state index contributed by atoms with van der Waals surface area (Å²) < 4.78 is 0. The molecule has 0 unspecified atom stereocenters. The van der Waals surface area contributed by atoms with E-state index in [1.54, 1.807) is 11.9 Å². The molecule has 1 saturated heterocycles. The number of carbonyl (C=O) groups excluding carboxylic acids is 1. The Morgan fingerprint density at radius 2 is 2.27 bits per heavy atom. The van der Waals surface area contributed by atoms with E-state index in [9.17, 15) is 9.90 Å². The number of hydrogen-bond acceptors (Lipinski definition) is 3. The number of aliphatic hydroxyl groups excluding tert-OH is 1. The molecule has 0 aromatic carbocycles. The van der Waals surface area contributed by atoms with Crippen molar-refractivity contribution in [2.24, 2.45) is 5.92 Å². The van der Waals surface area contributed by atoms with E-state index in [1.165, 1.54) is 0 Å². The Kier molecular flexibility index (Phi) is 4.11. The van der Waals surface area contributed by atoms with Gasteiger partial charge in [0.05, 0.1) is 18.1 Å². The Morgan fingerprint density at radius 1 is 1.60 bits per heavy atom. The second-order valence-corrected chi connectivity index (χ2v) is 4.91. The van der Waals surface area contributed by atoms with Gasteiger partial charge in [0, 0.05) is 13.6 Å². The van der Waals surface area contributed by atoms with Crippen LogP contribution in [0.3, 0.4) is 0 Å². The van der Waals surface area contributed by atoms with Gasteiger partial charge in [-0.25, -0.2) is 0 Å². The zero-order valence-corrected chi connectivity index (χ0v) is 9.92. The molecular formula is C11H22N2O2. The average Bonchev–Trinajstić information content (AvgIpc) is 2.28. The minimum absolute atomic E-state index is 0.00457. The van der Waals surface area contributed by atoms with Gasteiger partial charge >= 0.3 is 0 Å². The van der Waals surface area contributed by atoms with Crippen LogP contribution in [0.2, 0.25) is 0 Å². The van der Waals surface area contributed by atoms with Gasteiger partial charge in [-0.3, -0.25) is 4.79 Å². The maximum atomic E-state index is 12.1. The van der Waals surface area contributed by atoms with Crippen molar-refractivity contribution in [2.45, 2.75) is 32.2 Å². The lowest BCUT2D eigenvalue weighted by Crippen LogP contribution is -2.52. The SMILES string of the molecule is CN(C(=O)[C@@H]1CCCNC1)C(C)(C)CO. The van der Waals surface area contributed by atoms with E-state index in [0.29, 0.717) is 0 Å². The van der Waals surface area contributed by atoms with E-state index < -0.39 is 5.54 Å². The quantitative estimate of drug-likeness (QED) is 0.706. The van der Waals surface area contributed by atoms with Gasteiger partial charge in [-0.05, 0) is 33.2 Å². The van der Waals surface area contributed by atoms with Gasteiger partial charge in [0.25, 0.3) is 0 Å². The maximum absolute atomic E-state index is 12.1. The fourth-order valence-electron chi connectivity index (χ4n) is 1.74. The number of nitrogens with zero attached hydrogens (tertiary/aromatic N) is 1. The molecule has 0 radical (unpaired) electrons. The molecule has 1 aliphatic heterocycles. The zero-order valence-electron chi connectivity index (χ0n) is 9.92. The molecule has 1 aliphatic rings. The molecular weight excluding hydrogens is 192 g/mol. The first kappa shape index (κ1) is 12.5. The van der Waals surface area contributed by atoms with Crippen molar-refractivity contribution in [2.75, 3.05) is 26.7 Å². The number of aliphatic hydroxyl groups is 1. The van der Waals surface area contributed by atoms with Crippen LogP contribution in [0.4, 0.5) is 0 Å². The predicted octanol–water partition coefficient (Wildman–Crippen LogP) is 0.215. The highest BCUT2D eigenvalue weighted by atomic mass is 16.3. The number of amides is 1. The lowest BCUT2D eigenvalue weighted by molar-refractivity contribution is -0.141. The molecule has 1 heterocycles. The minimum atomic E-state index is -0.464. The molecule has 0 aliphatic carbocycles. The third-order valence-electron chi connectivity index (χ3n) is 3.27. The van der Waals surface area contributed by atoms with Crippen LogP contribution in [0.25, 0.3) is 0 Å². The zero-order chi connectivity index (χ0) is 11.5. The van der Waals surface area contributed by atoms with E-state index in [2.05, 4.69) is 5.32 Å². The molecule has 1 rings (SSSR count). The predicted molar refractivity (Wildman–Crippen MR) is 59.5 cm³/mol. The molecule has 1 fully saturated rings. The molecule has 0 aromatic rings. The van der Waals surface area contributed by atoms with Crippen molar-refractivity contribution in [3.8, 4) is 0 Å². The maximum Gasteiger partial charge on any atom is 0.227 e. The second kappa shape index (κ2) is 4.94. The first-order chi connectivity index (χ1) is 6.99. The highest BCUT2D eigenvalue weighted by Crippen LogP contribution is 2.18. The Balaban J connectivity index is 2.58. The summed E-state index contributed by atoms with van der Waals surface area (Å²) in [7, 11) is 1.77. The van der Waals surface area contributed by atoms with Crippen LogP contribution in [0.5, 0.6) is 0 Å². The number of hydrogen-bond donors (Lipinski definition) is 2. The largest absolute Gasteiger partial charge is 0.394 e. The van der Waals surface area contributed by atoms with Crippen molar-refractivity contribution in [1.29, 1.82) is 0 Å². The summed E-state index contributed by atoms with van der Waals surface area (Å²) in [4.78, 5) is 13.7. The molecule has 2 N–H and O–H groups in total. The Hall–Kier alpha value is -0.610. The van der Waals surface area contributed by atoms with Crippen LogP contribution in [0, 0.1) is 5.92 Å². The van der Waals surface area contributed by atoms with Crippen LogP contribution >= 0.6 is 0 Å². The Labute approximate surface area is 91.6 Å². The first-order valence-electron chi connectivity index (χ1n) is 5.58. The molecule has 0 aromatic heterocycles. The lowest BCUT2D eigenvalue weighted by atomic mass is 9.95. The third kappa shape index (κ3) is 2.92. The average molecular weight is 214 g/mol. The summed E-state index contributed by atoms with van der Waals surface area (Å²) in [5.74, 6) is 0.218. The van der Waals surface area contributed by atoms with E-state index >= 15 is 0 Å². The van der Waals surface area contributed by atoms with Crippen molar-refractivity contribution in [3.05, 3.63) is 0 Å². The van der Waals surface area contributed by atoms with Gasteiger partial charge in [0.15, 0.2) is 0 Å². The monoisotopic (exact) mass is 214 g/mol. The van der Waals surface area contributed by atoms with Crippen LogP contribution in [-0.2, 0) is 4.79 Å². The Bertz CT molecular complexity index is 223. The van der Waals surface area contributed by atoms with Crippen LogP contribution in [0.15, 0.2) is 0 Å². The van der Waals surface area contributed by atoms with Crippen molar-refractivity contribution in [3.63, 3.8) is 0 Å². The number of piperidine rings is 1.